The van der Waals surface area contributed by atoms with Crippen LogP contribution < -0.4 is 0 Å². The first-order chi connectivity index (χ1) is 20.7. The number of aliphatic hydroxyl groups is 5. The molecule has 0 saturated heterocycles. The maximum absolute atomic E-state index is 12.0. The minimum absolute atomic E-state index is 0.0812. The third-order valence-corrected chi connectivity index (χ3v) is 7.63. The van der Waals surface area contributed by atoms with Gasteiger partial charge in [-0.3, -0.25) is 4.79 Å². The Hall–Kier alpha value is -2.79. The number of halogens is 1. The molecule has 0 heterocycles. The molecule has 1 aliphatic carbocycles. The molecule has 6 N–H and O–H groups in total. The Morgan fingerprint density at radius 1 is 0.909 bits per heavy atom. The van der Waals surface area contributed by atoms with Gasteiger partial charge in [-0.2, -0.15) is 0 Å². The molecule has 0 aromatic carbocycles. The van der Waals surface area contributed by atoms with Gasteiger partial charge in [-0.15, -0.1) is 0 Å². The molecule has 8 atom stereocenters. The first kappa shape index (κ1) is 39.2. The number of aliphatic hydroxyl groups excluding tert-OH is 5. The summed E-state index contributed by atoms with van der Waals surface area (Å²) in [6, 6.07) is 0. The summed E-state index contributed by atoms with van der Waals surface area (Å²) in [4.78, 5) is 23.2. The summed E-state index contributed by atoms with van der Waals surface area (Å²) in [5.74, 6) is -2.43. The fourth-order valence-corrected chi connectivity index (χ4v) is 4.53. The number of carboxylic acid groups (broad SMARTS) is 1. The molecule has 1 aliphatic rings. The van der Waals surface area contributed by atoms with Crippen LogP contribution >= 0.6 is 11.6 Å². The van der Waals surface area contributed by atoms with Crippen LogP contribution in [0.15, 0.2) is 83.5 Å². The van der Waals surface area contributed by atoms with E-state index in [0.717, 1.165) is 12.0 Å². The molecular weight excluding hydrogens is 588 g/mol. The molecule has 44 heavy (non-hydrogen) atoms. The maximum atomic E-state index is 12.0. The zero-order valence-corrected chi connectivity index (χ0v) is 26.7. The third kappa shape index (κ3) is 15.8. The second-order valence-corrected chi connectivity index (χ2v) is 12.0. The highest BCUT2D eigenvalue weighted by Gasteiger charge is 2.35. The van der Waals surface area contributed by atoms with Crippen LogP contribution in [0, 0.1) is 17.8 Å². The molecule has 0 radical (unpaired) electrons. The van der Waals surface area contributed by atoms with Gasteiger partial charge in [0.1, 0.15) is 12.2 Å². The van der Waals surface area contributed by atoms with E-state index in [1.54, 1.807) is 49.5 Å². The number of carboxylic acids is 1. The quantitative estimate of drug-likeness (QED) is 0.0765. The Morgan fingerprint density at radius 2 is 1.57 bits per heavy atom. The SMILES string of the molecule is CC(/C=C/C=C/C(=O)O[C@@H]1C[C@@H](C(=O)O)CC[C@@H]1O)=C\C=C\C=C(/Cl)[C@@H](C)[C@@H](O)[C@H](O)[C@H](O)C[C@@H](O)/C=C/C=C/CC(C)C. The number of hydrogen-bond acceptors (Lipinski definition) is 8. The third-order valence-electron chi connectivity index (χ3n) is 7.16. The number of carbonyl (C=O) groups excluding carboxylic acids is 1. The van der Waals surface area contributed by atoms with E-state index in [2.05, 4.69) is 13.8 Å². The van der Waals surface area contributed by atoms with Crippen molar-refractivity contribution in [2.24, 2.45) is 17.8 Å². The Kier molecular flexibility index (Phi) is 18.8. The Balaban J connectivity index is 2.55. The van der Waals surface area contributed by atoms with Crippen LogP contribution in [0.5, 0.6) is 0 Å². The van der Waals surface area contributed by atoms with Gasteiger partial charge in [0.05, 0.1) is 30.3 Å². The number of ether oxygens (including phenoxy) is 1. The molecule has 0 amide bonds. The van der Waals surface area contributed by atoms with E-state index in [9.17, 15) is 35.1 Å². The maximum Gasteiger partial charge on any atom is 0.331 e. The molecule has 0 unspecified atom stereocenters. The highest BCUT2D eigenvalue weighted by atomic mass is 35.5. The molecule has 0 bridgehead atoms. The van der Waals surface area contributed by atoms with Crippen molar-refractivity contribution in [2.45, 2.75) is 96.4 Å². The lowest BCUT2D eigenvalue weighted by Crippen LogP contribution is -2.42. The van der Waals surface area contributed by atoms with Crippen molar-refractivity contribution >= 4 is 23.5 Å². The highest BCUT2D eigenvalue weighted by molar-refractivity contribution is 6.30. The summed E-state index contributed by atoms with van der Waals surface area (Å²) in [7, 11) is 0. The molecule has 0 spiro atoms. The lowest BCUT2D eigenvalue weighted by atomic mass is 9.85. The van der Waals surface area contributed by atoms with Crippen molar-refractivity contribution in [3.05, 3.63) is 83.5 Å². The summed E-state index contributed by atoms with van der Waals surface area (Å²) in [6.45, 7) is 7.64. The smallest absolute Gasteiger partial charge is 0.331 e. The predicted molar refractivity (Wildman–Crippen MR) is 172 cm³/mol. The van der Waals surface area contributed by atoms with Crippen molar-refractivity contribution in [1.29, 1.82) is 0 Å². The van der Waals surface area contributed by atoms with Crippen molar-refractivity contribution in [1.82, 2.24) is 0 Å². The monoisotopic (exact) mass is 636 g/mol. The van der Waals surface area contributed by atoms with Crippen LogP contribution in [0.2, 0.25) is 0 Å². The van der Waals surface area contributed by atoms with Crippen LogP contribution in [0.3, 0.4) is 0 Å². The molecule has 10 heteroatoms. The fraction of sp³-hybridized carbons (Fsp3) is 0.529. The Labute approximate surface area is 265 Å². The van der Waals surface area contributed by atoms with Gasteiger partial charge in [0.25, 0.3) is 0 Å². The van der Waals surface area contributed by atoms with Gasteiger partial charge in [-0.25, -0.2) is 4.79 Å². The van der Waals surface area contributed by atoms with Crippen molar-refractivity contribution in [2.75, 3.05) is 0 Å². The van der Waals surface area contributed by atoms with Gasteiger partial charge in [0.15, 0.2) is 0 Å². The Morgan fingerprint density at radius 3 is 2.23 bits per heavy atom. The number of esters is 1. The average molecular weight is 637 g/mol. The summed E-state index contributed by atoms with van der Waals surface area (Å²) in [6.07, 6.45) is 14.3. The second kappa shape index (κ2) is 21.0. The van der Waals surface area contributed by atoms with Gasteiger partial charge >= 0.3 is 11.9 Å². The number of allylic oxidation sites excluding steroid dienone is 11. The molecule has 0 aromatic heterocycles. The topological polar surface area (TPSA) is 165 Å². The zero-order chi connectivity index (χ0) is 33.2. The first-order valence-electron chi connectivity index (χ1n) is 14.9. The van der Waals surface area contributed by atoms with Gasteiger partial charge in [-0.05, 0) is 38.2 Å². The molecule has 0 aromatic rings. The van der Waals surface area contributed by atoms with E-state index in [1.165, 1.54) is 18.2 Å². The predicted octanol–water partition coefficient (Wildman–Crippen LogP) is 4.51. The van der Waals surface area contributed by atoms with Crippen LogP contribution in [0.1, 0.15) is 59.8 Å². The molecule has 0 aliphatic heterocycles. The zero-order valence-electron chi connectivity index (χ0n) is 25.9. The van der Waals surface area contributed by atoms with E-state index in [-0.39, 0.29) is 24.3 Å². The van der Waals surface area contributed by atoms with Crippen molar-refractivity contribution in [3.63, 3.8) is 0 Å². The standard InChI is InChI=1S/C34H49ClO9/c1-22(2)12-6-5-7-15-26(36)21-29(38)33(41)32(40)24(4)27(35)16-10-8-13-23(3)14-9-11-17-31(39)44-30-20-25(34(42)43)18-19-28(30)37/h5-11,13-17,22,24-26,28-30,32-33,36-38,40-41H,12,18-21H2,1-4H3,(H,42,43)/b6-5+,10-8+,14-9+,15-7+,17-11+,23-13+,27-16-/t24-,25+,26+,28+,29-,30-,32-,33-/m1/s1. The molecular formula is C34H49ClO9. The number of rotatable bonds is 17. The number of hydrogen-bond donors (Lipinski definition) is 6. The minimum Gasteiger partial charge on any atom is -0.481 e. The van der Waals surface area contributed by atoms with E-state index < -0.39 is 60.4 Å². The van der Waals surface area contributed by atoms with E-state index in [0.29, 0.717) is 12.3 Å². The van der Waals surface area contributed by atoms with Gasteiger partial charge in [0.2, 0.25) is 0 Å². The minimum atomic E-state index is -1.51. The Bertz CT molecular complexity index is 1100. The summed E-state index contributed by atoms with van der Waals surface area (Å²) in [5, 5.41) is 60.7. The van der Waals surface area contributed by atoms with E-state index >= 15 is 0 Å². The average Bonchev–Trinajstić information content (AvgIpc) is 2.96. The lowest BCUT2D eigenvalue weighted by Gasteiger charge is -2.30. The van der Waals surface area contributed by atoms with E-state index in [1.807, 2.05) is 19.1 Å². The van der Waals surface area contributed by atoms with Crippen LogP contribution in [-0.4, -0.2) is 79.2 Å². The fourth-order valence-electron chi connectivity index (χ4n) is 4.33. The molecule has 246 valence electrons. The van der Waals surface area contributed by atoms with Crippen LogP contribution in [0.25, 0.3) is 0 Å². The van der Waals surface area contributed by atoms with Crippen molar-refractivity contribution < 1.29 is 45.0 Å². The lowest BCUT2D eigenvalue weighted by molar-refractivity contribution is -0.159. The molecule has 1 rings (SSSR count). The summed E-state index contributed by atoms with van der Waals surface area (Å²) in [5.41, 5.74) is 0.838. The molecule has 1 fully saturated rings. The first-order valence-corrected chi connectivity index (χ1v) is 15.3. The molecule has 1 saturated carbocycles. The normalized spacial score (nSPS) is 24.1. The second-order valence-electron chi connectivity index (χ2n) is 11.5. The van der Waals surface area contributed by atoms with Gasteiger partial charge in [0, 0.05) is 29.9 Å². The summed E-state index contributed by atoms with van der Waals surface area (Å²) >= 11 is 6.31. The summed E-state index contributed by atoms with van der Waals surface area (Å²) < 4.78 is 5.22. The number of carbonyl (C=O) groups is 2. The van der Waals surface area contributed by atoms with Gasteiger partial charge in [-0.1, -0.05) is 98.7 Å². The van der Waals surface area contributed by atoms with Gasteiger partial charge < -0.3 is 35.4 Å². The van der Waals surface area contributed by atoms with Crippen molar-refractivity contribution in [3.8, 4) is 0 Å². The number of aliphatic carboxylic acids is 1. The van der Waals surface area contributed by atoms with E-state index in [4.69, 9.17) is 21.4 Å². The molecule has 9 nitrogen and oxygen atoms in total. The largest absolute Gasteiger partial charge is 0.481 e. The van der Waals surface area contributed by atoms with Crippen LogP contribution in [0.4, 0.5) is 0 Å². The van der Waals surface area contributed by atoms with Crippen LogP contribution in [-0.2, 0) is 14.3 Å². The highest BCUT2D eigenvalue weighted by Crippen LogP contribution is 2.27.